The highest BCUT2D eigenvalue weighted by atomic mass is 127. The van der Waals surface area contributed by atoms with Gasteiger partial charge in [0.15, 0.2) is 5.96 Å². The van der Waals surface area contributed by atoms with Gasteiger partial charge in [-0.15, -0.1) is 24.0 Å². The van der Waals surface area contributed by atoms with E-state index in [2.05, 4.69) is 50.2 Å². The van der Waals surface area contributed by atoms with Crippen molar-refractivity contribution in [2.75, 3.05) is 39.8 Å². The van der Waals surface area contributed by atoms with Crippen molar-refractivity contribution in [3.8, 4) is 0 Å². The molecular weight excluding hydrogens is 439 g/mol. The van der Waals surface area contributed by atoms with Crippen LogP contribution in [-0.2, 0) is 6.54 Å². The Morgan fingerprint density at radius 2 is 1.77 bits per heavy atom. The Balaban J connectivity index is 0.00000338. The minimum atomic E-state index is 0. The van der Waals surface area contributed by atoms with Gasteiger partial charge in [0, 0.05) is 32.4 Å². The largest absolute Gasteiger partial charge is 0.356 e. The van der Waals surface area contributed by atoms with E-state index in [4.69, 9.17) is 0 Å². The van der Waals surface area contributed by atoms with E-state index >= 15 is 0 Å². The maximum Gasteiger partial charge on any atom is 0.190 e. The fourth-order valence-electron chi connectivity index (χ4n) is 3.35. The molecule has 6 nitrogen and oxygen atoms in total. The Morgan fingerprint density at radius 1 is 1.15 bits per heavy atom. The summed E-state index contributed by atoms with van der Waals surface area (Å²) in [5.74, 6) is 1.81. The van der Waals surface area contributed by atoms with Crippen LogP contribution in [0.1, 0.15) is 44.0 Å². The second kappa shape index (κ2) is 12.5. The number of nitrogens with zero attached hydrogens (tertiary/aromatic N) is 4. The van der Waals surface area contributed by atoms with Crippen molar-refractivity contribution in [3.05, 3.63) is 17.5 Å². The van der Waals surface area contributed by atoms with Gasteiger partial charge < -0.3 is 15.5 Å². The topological polar surface area (TPSA) is 57.5 Å². The van der Waals surface area contributed by atoms with Gasteiger partial charge in [-0.1, -0.05) is 6.92 Å². The van der Waals surface area contributed by atoms with Crippen molar-refractivity contribution in [1.82, 2.24) is 25.3 Å². The van der Waals surface area contributed by atoms with Crippen LogP contribution in [0.4, 0.5) is 0 Å². The number of hydrogen-bond donors (Lipinski definition) is 2. The molecule has 0 radical (unpaired) electrons. The molecule has 1 aliphatic heterocycles. The Hall–Kier alpha value is -0.830. The van der Waals surface area contributed by atoms with Gasteiger partial charge in [-0.2, -0.15) is 5.10 Å². The first-order valence-corrected chi connectivity index (χ1v) is 9.76. The molecule has 2 heterocycles. The maximum absolute atomic E-state index is 4.50. The average molecular weight is 476 g/mol. The zero-order chi connectivity index (χ0) is 18.1. The smallest absolute Gasteiger partial charge is 0.190 e. The summed E-state index contributed by atoms with van der Waals surface area (Å²) >= 11 is 0. The molecule has 0 amide bonds. The highest BCUT2D eigenvalue weighted by molar-refractivity contribution is 14.0. The van der Waals surface area contributed by atoms with E-state index in [1.807, 2.05) is 14.0 Å². The average Bonchev–Trinajstić information content (AvgIpc) is 2.92. The highest BCUT2D eigenvalue weighted by Gasteiger charge is 2.14. The van der Waals surface area contributed by atoms with Crippen LogP contribution in [-0.4, -0.2) is 60.4 Å². The van der Waals surface area contributed by atoms with Gasteiger partial charge in [0.25, 0.3) is 0 Å². The molecule has 1 saturated heterocycles. The van der Waals surface area contributed by atoms with Gasteiger partial charge in [0.1, 0.15) is 0 Å². The van der Waals surface area contributed by atoms with Gasteiger partial charge in [0.2, 0.25) is 0 Å². The summed E-state index contributed by atoms with van der Waals surface area (Å²) in [6, 6.07) is 2.12. The van der Waals surface area contributed by atoms with Crippen LogP contribution in [0, 0.1) is 19.8 Å². The lowest BCUT2D eigenvalue weighted by atomic mass is 9.99. The van der Waals surface area contributed by atoms with E-state index in [1.54, 1.807) is 0 Å². The van der Waals surface area contributed by atoms with Crippen molar-refractivity contribution in [2.45, 2.75) is 53.0 Å². The Labute approximate surface area is 176 Å². The molecule has 0 atom stereocenters. The number of aliphatic imine (C=N–C) groups is 1. The Morgan fingerprint density at radius 3 is 2.31 bits per heavy atom. The number of aryl methyl sites for hydroxylation is 3. The molecule has 0 bridgehead atoms. The molecule has 0 spiro atoms. The number of piperidine rings is 1. The lowest BCUT2D eigenvalue weighted by Gasteiger charge is -2.30. The van der Waals surface area contributed by atoms with Crippen LogP contribution in [0.25, 0.3) is 0 Å². The van der Waals surface area contributed by atoms with Crippen molar-refractivity contribution in [1.29, 1.82) is 0 Å². The number of hydrogen-bond acceptors (Lipinski definition) is 3. The summed E-state index contributed by atoms with van der Waals surface area (Å²) in [6.45, 7) is 13.1. The van der Waals surface area contributed by atoms with Gasteiger partial charge in [-0.3, -0.25) is 9.67 Å². The summed E-state index contributed by atoms with van der Waals surface area (Å²) in [5.41, 5.74) is 2.32. The van der Waals surface area contributed by atoms with Gasteiger partial charge in [-0.25, -0.2) is 0 Å². The molecule has 2 N–H and O–H groups in total. The quantitative estimate of drug-likeness (QED) is 0.262. The molecular formula is C19H37IN6. The number of rotatable bonds is 8. The van der Waals surface area contributed by atoms with E-state index in [9.17, 15) is 0 Å². The summed E-state index contributed by atoms with van der Waals surface area (Å²) in [7, 11) is 1.84. The SMILES string of the molecule is CN=C(NCCCN1CCC(C)CC1)NCCCn1nc(C)cc1C.I. The molecule has 0 aliphatic carbocycles. The summed E-state index contributed by atoms with van der Waals surface area (Å²) in [5, 5.41) is 11.3. The Bertz CT molecular complexity index is 534. The van der Waals surface area contributed by atoms with Crippen LogP contribution in [0.2, 0.25) is 0 Å². The van der Waals surface area contributed by atoms with Crippen LogP contribution in [0.15, 0.2) is 11.1 Å². The number of likely N-dealkylation sites (tertiary alicyclic amines) is 1. The van der Waals surface area contributed by atoms with Gasteiger partial charge >= 0.3 is 0 Å². The first-order valence-electron chi connectivity index (χ1n) is 9.76. The zero-order valence-corrected chi connectivity index (χ0v) is 19.3. The molecule has 26 heavy (non-hydrogen) atoms. The van der Waals surface area contributed by atoms with Crippen molar-refractivity contribution in [2.24, 2.45) is 10.9 Å². The first kappa shape index (κ1) is 23.2. The van der Waals surface area contributed by atoms with Crippen LogP contribution >= 0.6 is 24.0 Å². The molecule has 150 valence electrons. The fourth-order valence-corrected chi connectivity index (χ4v) is 3.35. The van der Waals surface area contributed by atoms with Gasteiger partial charge in [0.05, 0.1) is 5.69 Å². The van der Waals surface area contributed by atoms with E-state index in [1.165, 1.54) is 44.6 Å². The minimum absolute atomic E-state index is 0. The molecule has 0 aromatic carbocycles. The van der Waals surface area contributed by atoms with E-state index in [0.29, 0.717) is 0 Å². The lowest BCUT2D eigenvalue weighted by molar-refractivity contribution is 0.191. The summed E-state index contributed by atoms with van der Waals surface area (Å²) < 4.78 is 2.08. The highest BCUT2D eigenvalue weighted by Crippen LogP contribution is 2.15. The third-order valence-corrected chi connectivity index (χ3v) is 4.99. The molecule has 1 fully saturated rings. The molecule has 1 aromatic heterocycles. The maximum atomic E-state index is 4.50. The third kappa shape index (κ3) is 8.24. The van der Waals surface area contributed by atoms with Gasteiger partial charge in [-0.05, 0) is 71.1 Å². The predicted molar refractivity (Wildman–Crippen MR) is 121 cm³/mol. The number of nitrogens with one attached hydrogen (secondary N) is 2. The predicted octanol–water partition coefficient (Wildman–Crippen LogP) is 2.80. The molecule has 0 saturated carbocycles. The van der Waals surface area contributed by atoms with Crippen molar-refractivity contribution >= 4 is 29.9 Å². The second-order valence-corrected chi connectivity index (χ2v) is 7.31. The van der Waals surface area contributed by atoms with E-state index in [0.717, 1.165) is 43.6 Å². The monoisotopic (exact) mass is 476 g/mol. The van der Waals surface area contributed by atoms with Crippen molar-refractivity contribution in [3.63, 3.8) is 0 Å². The number of halogens is 1. The number of aromatic nitrogens is 2. The molecule has 1 aliphatic rings. The Kier molecular flexibility index (Phi) is 11.2. The summed E-state index contributed by atoms with van der Waals surface area (Å²) in [4.78, 5) is 6.90. The molecule has 7 heteroatoms. The second-order valence-electron chi connectivity index (χ2n) is 7.31. The molecule has 0 unspecified atom stereocenters. The lowest BCUT2D eigenvalue weighted by Crippen LogP contribution is -2.40. The van der Waals surface area contributed by atoms with E-state index < -0.39 is 0 Å². The minimum Gasteiger partial charge on any atom is -0.356 e. The van der Waals surface area contributed by atoms with E-state index in [-0.39, 0.29) is 24.0 Å². The normalized spacial score (nSPS) is 16.4. The molecule has 1 aromatic rings. The first-order chi connectivity index (χ1) is 12.1. The zero-order valence-electron chi connectivity index (χ0n) is 16.9. The van der Waals surface area contributed by atoms with Crippen molar-refractivity contribution < 1.29 is 0 Å². The summed E-state index contributed by atoms with van der Waals surface area (Å²) in [6.07, 6.45) is 4.91. The molecule has 2 rings (SSSR count). The van der Waals surface area contributed by atoms with Crippen LogP contribution in [0.5, 0.6) is 0 Å². The third-order valence-electron chi connectivity index (χ3n) is 4.99. The fraction of sp³-hybridized carbons (Fsp3) is 0.789. The van der Waals surface area contributed by atoms with Crippen LogP contribution in [0.3, 0.4) is 0 Å². The van der Waals surface area contributed by atoms with Crippen LogP contribution < -0.4 is 10.6 Å². The number of guanidine groups is 1. The standard InChI is InChI=1S/C19H36N6.HI/c1-16-7-13-24(14-8-16)11-5-9-21-19(20-4)22-10-6-12-25-18(3)15-17(2)23-25;/h15-16H,5-14H2,1-4H3,(H2,20,21,22);1H.